The van der Waals surface area contributed by atoms with Gasteiger partial charge >= 0.3 is 29.6 Å². The Hall–Kier alpha value is -0.880. The van der Waals surface area contributed by atoms with E-state index < -0.39 is 36.6 Å². The standard InChI is InChI=1S/C12H13NO7S2.Na/c14-12-7-10(22(18,19)20)5-8-1-2-9(6-11(8)12)13-3-4-21(15,16)17;/h1-2,5-7,13-14H,3-4H2,(H,15,16,17)(H,18,19,20);/q;+1/p-1. The van der Waals surface area contributed by atoms with Crippen LogP contribution in [0, 0.1) is 0 Å². The fraction of sp³-hybridized carbons (Fsp3) is 0.167. The van der Waals surface area contributed by atoms with Gasteiger partial charge in [-0.1, -0.05) is 11.8 Å². The fourth-order valence-corrected chi connectivity index (χ4v) is 2.77. The molecule has 8 nitrogen and oxygen atoms in total. The van der Waals surface area contributed by atoms with Gasteiger partial charge in [-0.25, -0.2) is 0 Å². The molecule has 0 aliphatic heterocycles. The van der Waals surface area contributed by atoms with Crippen LogP contribution in [0.5, 0.6) is 5.75 Å². The van der Waals surface area contributed by atoms with Gasteiger partial charge in [0.2, 0.25) is 0 Å². The van der Waals surface area contributed by atoms with E-state index >= 15 is 0 Å². The van der Waals surface area contributed by atoms with Gasteiger partial charge in [0.15, 0.2) is 0 Å². The third kappa shape index (κ3) is 5.60. The molecule has 0 aromatic heterocycles. The summed E-state index contributed by atoms with van der Waals surface area (Å²) in [6.07, 6.45) is 0. The Labute approximate surface area is 155 Å². The Balaban J connectivity index is 0.00000264. The van der Waals surface area contributed by atoms with E-state index in [1.165, 1.54) is 18.2 Å². The van der Waals surface area contributed by atoms with Crippen molar-refractivity contribution in [3.8, 4) is 5.75 Å². The summed E-state index contributed by atoms with van der Waals surface area (Å²) < 4.78 is 60.9. The van der Waals surface area contributed by atoms with Gasteiger partial charge in [0.25, 0.3) is 20.2 Å². The molecule has 23 heavy (non-hydrogen) atoms. The summed E-state index contributed by atoms with van der Waals surface area (Å²) in [5.74, 6) is -1.08. The van der Waals surface area contributed by atoms with Gasteiger partial charge in [0, 0.05) is 12.2 Å². The second-order valence-electron chi connectivity index (χ2n) is 4.55. The Morgan fingerprint density at radius 1 is 1.04 bits per heavy atom. The molecule has 2 aromatic rings. The zero-order chi connectivity index (χ0) is 16.5. The molecule has 0 atom stereocenters. The number of hydrogen-bond donors (Lipinski definition) is 3. The van der Waals surface area contributed by atoms with Gasteiger partial charge in [-0.15, -0.1) is 0 Å². The van der Waals surface area contributed by atoms with Crippen LogP contribution >= 0.6 is 0 Å². The van der Waals surface area contributed by atoms with Crippen LogP contribution in [0.15, 0.2) is 35.2 Å². The molecule has 2 rings (SSSR count). The second-order valence-corrected chi connectivity index (χ2v) is 7.54. The van der Waals surface area contributed by atoms with Crippen LogP contribution in [-0.2, 0) is 20.2 Å². The molecule has 0 fully saturated rings. The van der Waals surface area contributed by atoms with Crippen molar-refractivity contribution >= 4 is 36.7 Å². The third-order valence-electron chi connectivity index (χ3n) is 2.88. The number of hydrogen-bond acceptors (Lipinski definition) is 6. The van der Waals surface area contributed by atoms with Crippen LogP contribution in [-0.4, -0.2) is 38.2 Å². The maximum absolute atomic E-state index is 11.9. The SMILES string of the molecule is O=S(=O)(O)CCNc1ccc2cc(S(=O)(=O)O)cc([O-])c2c1.[Na+]. The minimum Gasteiger partial charge on any atom is -0.872 e. The van der Waals surface area contributed by atoms with E-state index in [0.717, 1.165) is 12.1 Å². The molecule has 0 spiro atoms. The summed E-state index contributed by atoms with van der Waals surface area (Å²) in [7, 11) is -8.55. The normalized spacial score (nSPS) is 11.9. The van der Waals surface area contributed by atoms with Crippen LogP contribution in [0.3, 0.4) is 0 Å². The van der Waals surface area contributed by atoms with E-state index in [1.807, 2.05) is 0 Å². The van der Waals surface area contributed by atoms with Crippen LogP contribution in [0.4, 0.5) is 5.69 Å². The molecule has 0 unspecified atom stereocenters. The summed E-state index contributed by atoms with van der Waals surface area (Å²) in [5.41, 5.74) is 0.438. The average Bonchev–Trinajstić information content (AvgIpc) is 2.36. The van der Waals surface area contributed by atoms with Crippen molar-refractivity contribution in [2.75, 3.05) is 17.6 Å². The first-order valence-electron chi connectivity index (χ1n) is 5.98. The van der Waals surface area contributed by atoms with Crippen molar-refractivity contribution in [1.82, 2.24) is 0 Å². The zero-order valence-corrected chi connectivity index (χ0v) is 15.7. The van der Waals surface area contributed by atoms with Crippen molar-refractivity contribution in [3.05, 3.63) is 30.3 Å². The molecule has 0 aliphatic carbocycles. The predicted molar refractivity (Wildman–Crippen MR) is 78.1 cm³/mol. The van der Waals surface area contributed by atoms with Crippen LogP contribution in [0.25, 0.3) is 10.8 Å². The molecule has 0 heterocycles. The average molecular weight is 369 g/mol. The van der Waals surface area contributed by atoms with Gasteiger partial charge in [0.05, 0.1) is 10.6 Å². The van der Waals surface area contributed by atoms with E-state index in [4.69, 9.17) is 9.11 Å². The molecule has 0 radical (unpaired) electrons. The summed E-state index contributed by atoms with van der Waals surface area (Å²) >= 11 is 0. The topological polar surface area (TPSA) is 144 Å². The number of rotatable bonds is 5. The number of anilines is 1. The van der Waals surface area contributed by atoms with Crippen molar-refractivity contribution in [2.24, 2.45) is 0 Å². The van der Waals surface area contributed by atoms with Crippen LogP contribution < -0.4 is 40.0 Å². The van der Waals surface area contributed by atoms with E-state index in [9.17, 15) is 21.9 Å². The van der Waals surface area contributed by atoms with E-state index in [0.29, 0.717) is 11.1 Å². The summed E-state index contributed by atoms with van der Waals surface area (Å²) in [6, 6.07) is 6.36. The Kier molecular flexibility index (Phi) is 6.44. The van der Waals surface area contributed by atoms with E-state index in [-0.39, 0.29) is 41.5 Å². The summed E-state index contributed by atoms with van der Waals surface area (Å²) in [5, 5.41) is 15.1. The Morgan fingerprint density at radius 3 is 2.26 bits per heavy atom. The van der Waals surface area contributed by atoms with Crippen molar-refractivity contribution in [1.29, 1.82) is 0 Å². The maximum Gasteiger partial charge on any atom is 1.00 e. The number of fused-ring (bicyclic) bond motifs is 1. The zero-order valence-electron chi connectivity index (χ0n) is 12.1. The van der Waals surface area contributed by atoms with Gasteiger partial charge in [-0.3, -0.25) is 9.11 Å². The predicted octanol–water partition coefficient (Wildman–Crippen LogP) is -2.54. The fourth-order valence-electron chi connectivity index (χ4n) is 1.88. The molecule has 3 N–H and O–H groups in total. The molecule has 11 heteroatoms. The van der Waals surface area contributed by atoms with Crippen LogP contribution in [0.1, 0.15) is 0 Å². The smallest absolute Gasteiger partial charge is 0.872 e. The molecule has 0 saturated heterocycles. The molecule has 0 amide bonds. The first-order valence-corrected chi connectivity index (χ1v) is 9.02. The quantitative estimate of drug-likeness (QED) is 0.386. The van der Waals surface area contributed by atoms with Gasteiger partial charge in [0.1, 0.15) is 0 Å². The van der Waals surface area contributed by atoms with Gasteiger partial charge < -0.3 is 10.4 Å². The second kappa shape index (κ2) is 7.34. The van der Waals surface area contributed by atoms with Gasteiger partial charge in [-0.05, 0) is 35.0 Å². The molecular formula is C12H12NNaO7S2. The Morgan fingerprint density at radius 2 is 1.70 bits per heavy atom. The molecule has 0 aliphatic rings. The van der Waals surface area contributed by atoms with Crippen molar-refractivity contribution < 1.29 is 60.6 Å². The number of nitrogens with one attached hydrogen (secondary N) is 1. The Bertz CT molecular complexity index is 926. The minimum atomic E-state index is -4.47. The molecule has 120 valence electrons. The minimum absolute atomic E-state index is 0. The first kappa shape index (κ1) is 20.2. The molecule has 0 saturated carbocycles. The first-order chi connectivity index (χ1) is 10.1. The summed E-state index contributed by atoms with van der Waals surface area (Å²) in [6.45, 7) is -0.0539. The molecule has 0 bridgehead atoms. The molecule has 2 aromatic carbocycles. The van der Waals surface area contributed by atoms with Gasteiger partial charge in [-0.2, -0.15) is 16.8 Å². The molecular weight excluding hydrogens is 357 g/mol. The number of benzene rings is 2. The van der Waals surface area contributed by atoms with E-state index in [2.05, 4.69) is 5.32 Å². The monoisotopic (exact) mass is 369 g/mol. The van der Waals surface area contributed by atoms with Crippen molar-refractivity contribution in [3.63, 3.8) is 0 Å². The summed E-state index contributed by atoms with van der Waals surface area (Å²) in [4.78, 5) is -0.489. The largest absolute Gasteiger partial charge is 1.00 e. The maximum atomic E-state index is 11.9. The van der Waals surface area contributed by atoms with E-state index in [1.54, 1.807) is 0 Å². The third-order valence-corrected chi connectivity index (χ3v) is 4.43. The van der Waals surface area contributed by atoms with Crippen LogP contribution in [0.2, 0.25) is 0 Å². The van der Waals surface area contributed by atoms with Crippen molar-refractivity contribution in [2.45, 2.75) is 4.90 Å².